The van der Waals surface area contributed by atoms with Crippen molar-refractivity contribution < 1.29 is 19.7 Å². The van der Waals surface area contributed by atoms with Crippen molar-refractivity contribution in [1.29, 1.82) is 0 Å². The van der Waals surface area contributed by atoms with Crippen LogP contribution < -0.4 is 4.74 Å². The van der Waals surface area contributed by atoms with Gasteiger partial charge in [0.25, 0.3) is 0 Å². The van der Waals surface area contributed by atoms with Crippen LogP contribution in [0.25, 0.3) is 0 Å². The van der Waals surface area contributed by atoms with Crippen molar-refractivity contribution in [1.82, 2.24) is 0 Å². The normalized spacial score (nSPS) is 12.0. The predicted molar refractivity (Wildman–Crippen MR) is 82.5 cm³/mol. The third-order valence-corrected chi connectivity index (χ3v) is 3.51. The van der Waals surface area contributed by atoms with E-state index in [1.165, 1.54) is 12.1 Å². The molecule has 0 aromatic heterocycles. The number of halogens is 1. The Hall–Kier alpha value is -1.85. The zero-order chi connectivity index (χ0) is 15.4. The van der Waals surface area contributed by atoms with Crippen molar-refractivity contribution in [2.75, 3.05) is 0 Å². The molecule has 110 valence electrons. The molecule has 0 unspecified atom stereocenters. The number of carbonyl (C=O) groups is 1. The van der Waals surface area contributed by atoms with Crippen LogP contribution >= 0.6 is 15.9 Å². The maximum absolute atomic E-state index is 10.8. The zero-order valence-corrected chi connectivity index (χ0v) is 13.0. The van der Waals surface area contributed by atoms with Crippen LogP contribution in [-0.2, 0) is 6.61 Å². The quantitative estimate of drug-likeness (QED) is 0.860. The van der Waals surface area contributed by atoms with Crippen molar-refractivity contribution in [3.05, 3.63) is 63.6 Å². The fourth-order valence-electron chi connectivity index (χ4n) is 1.88. The van der Waals surface area contributed by atoms with E-state index in [1.54, 1.807) is 25.1 Å². The molecule has 0 aliphatic rings. The lowest BCUT2D eigenvalue weighted by Crippen LogP contribution is -2.02. The van der Waals surface area contributed by atoms with Crippen molar-refractivity contribution in [2.24, 2.45) is 0 Å². The minimum absolute atomic E-state index is 0.243. The molecule has 0 bridgehead atoms. The molecule has 2 aromatic carbocycles. The van der Waals surface area contributed by atoms with Gasteiger partial charge in [-0.25, -0.2) is 4.79 Å². The minimum Gasteiger partial charge on any atom is -0.489 e. The first kappa shape index (κ1) is 15.5. The summed E-state index contributed by atoms with van der Waals surface area (Å²) in [5, 5.41) is 18.6. The molecule has 0 heterocycles. The standard InChI is InChI=1S/C16H15BrO4/c1-10(18)14-8-13(17)6-7-15(14)21-9-11-2-4-12(5-3-11)16(19)20/h2-8,10,18H,9H2,1H3,(H,19,20)/t10-/m1/s1. The van der Waals surface area contributed by atoms with Gasteiger partial charge < -0.3 is 14.9 Å². The average molecular weight is 351 g/mol. The average Bonchev–Trinajstić information content (AvgIpc) is 2.46. The molecule has 0 fully saturated rings. The van der Waals surface area contributed by atoms with Gasteiger partial charge in [-0.05, 0) is 42.8 Å². The van der Waals surface area contributed by atoms with Gasteiger partial charge in [0.2, 0.25) is 0 Å². The lowest BCUT2D eigenvalue weighted by atomic mass is 10.1. The highest BCUT2D eigenvalue weighted by Gasteiger charge is 2.10. The Balaban J connectivity index is 2.11. The summed E-state index contributed by atoms with van der Waals surface area (Å²) in [4.78, 5) is 10.8. The Labute approximate surface area is 131 Å². The van der Waals surface area contributed by atoms with Crippen LogP contribution in [0.1, 0.15) is 34.5 Å². The van der Waals surface area contributed by atoms with E-state index < -0.39 is 12.1 Å². The lowest BCUT2D eigenvalue weighted by Gasteiger charge is -2.14. The Kier molecular flexibility index (Phi) is 4.98. The van der Waals surface area contributed by atoms with E-state index >= 15 is 0 Å². The van der Waals surface area contributed by atoms with Gasteiger partial charge in [0.1, 0.15) is 12.4 Å². The van der Waals surface area contributed by atoms with E-state index in [2.05, 4.69) is 15.9 Å². The van der Waals surface area contributed by atoms with Crippen molar-refractivity contribution in [2.45, 2.75) is 19.6 Å². The number of aliphatic hydroxyl groups excluding tert-OH is 1. The highest BCUT2D eigenvalue weighted by molar-refractivity contribution is 9.10. The maximum atomic E-state index is 10.8. The number of ether oxygens (including phenoxy) is 1. The first-order valence-corrected chi connectivity index (χ1v) is 7.19. The van der Waals surface area contributed by atoms with Crippen LogP contribution in [0.5, 0.6) is 5.75 Å². The smallest absolute Gasteiger partial charge is 0.335 e. The summed E-state index contributed by atoms with van der Waals surface area (Å²) in [6, 6.07) is 11.9. The maximum Gasteiger partial charge on any atom is 0.335 e. The number of carboxylic acid groups (broad SMARTS) is 1. The van der Waals surface area contributed by atoms with Gasteiger partial charge in [-0.2, -0.15) is 0 Å². The number of hydrogen-bond acceptors (Lipinski definition) is 3. The van der Waals surface area contributed by atoms with Gasteiger partial charge in [0.15, 0.2) is 0 Å². The van der Waals surface area contributed by atoms with Gasteiger partial charge >= 0.3 is 5.97 Å². The van der Waals surface area contributed by atoms with Gasteiger partial charge in [0, 0.05) is 10.0 Å². The second kappa shape index (κ2) is 6.74. The molecule has 0 saturated carbocycles. The monoisotopic (exact) mass is 350 g/mol. The molecule has 0 radical (unpaired) electrons. The third kappa shape index (κ3) is 4.06. The minimum atomic E-state index is -0.952. The summed E-state index contributed by atoms with van der Waals surface area (Å²) in [5.41, 5.74) is 1.80. The molecule has 0 spiro atoms. The number of carboxylic acids is 1. The second-order valence-corrected chi connectivity index (χ2v) is 5.56. The first-order valence-electron chi connectivity index (χ1n) is 6.40. The molecule has 0 aliphatic heterocycles. The van der Waals surface area contributed by atoms with E-state index in [0.29, 0.717) is 17.9 Å². The third-order valence-electron chi connectivity index (χ3n) is 3.02. The summed E-state index contributed by atoms with van der Waals surface area (Å²) in [7, 11) is 0. The summed E-state index contributed by atoms with van der Waals surface area (Å²) in [5.74, 6) is -0.345. The molecule has 0 amide bonds. The predicted octanol–water partition coefficient (Wildman–Crippen LogP) is 3.78. The zero-order valence-electron chi connectivity index (χ0n) is 11.4. The van der Waals surface area contributed by atoms with Crippen LogP contribution in [0.3, 0.4) is 0 Å². The SMILES string of the molecule is C[C@@H](O)c1cc(Br)ccc1OCc1ccc(C(=O)O)cc1. The van der Waals surface area contributed by atoms with E-state index in [4.69, 9.17) is 9.84 Å². The lowest BCUT2D eigenvalue weighted by molar-refractivity contribution is 0.0697. The molecule has 2 rings (SSSR count). The van der Waals surface area contributed by atoms with Crippen LogP contribution in [-0.4, -0.2) is 16.2 Å². The van der Waals surface area contributed by atoms with E-state index in [-0.39, 0.29) is 5.56 Å². The van der Waals surface area contributed by atoms with Crippen molar-refractivity contribution in [3.63, 3.8) is 0 Å². The van der Waals surface area contributed by atoms with Gasteiger partial charge in [-0.15, -0.1) is 0 Å². The number of rotatable bonds is 5. The molecule has 2 N–H and O–H groups in total. The number of aliphatic hydroxyl groups is 1. The number of benzene rings is 2. The highest BCUT2D eigenvalue weighted by atomic mass is 79.9. The Morgan fingerprint density at radius 2 is 1.90 bits per heavy atom. The summed E-state index contributed by atoms with van der Waals surface area (Å²) < 4.78 is 6.58. The van der Waals surface area contributed by atoms with E-state index in [1.807, 2.05) is 12.1 Å². The van der Waals surface area contributed by atoms with Crippen molar-refractivity contribution in [3.8, 4) is 5.75 Å². The van der Waals surface area contributed by atoms with Gasteiger partial charge in [-0.3, -0.25) is 0 Å². The number of aromatic carboxylic acids is 1. The first-order chi connectivity index (χ1) is 9.97. The van der Waals surface area contributed by atoms with Crippen LogP contribution in [0.4, 0.5) is 0 Å². The second-order valence-electron chi connectivity index (χ2n) is 4.65. The van der Waals surface area contributed by atoms with E-state index in [9.17, 15) is 9.90 Å². The molecular formula is C16H15BrO4. The molecule has 2 aromatic rings. The largest absolute Gasteiger partial charge is 0.489 e. The Morgan fingerprint density at radius 3 is 2.48 bits per heavy atom. The van der Waals surface area contributed by atoms with Gasteiger partial charge in [-0.1, -0.05) is 28.1 Å². The fourth-order valence-corrected chi connectivity index (χ4v) is 2.26. The Bertz CT molecular complexity index is 635. The molecule has 1 atom stereocenters. The fraction of sp³-hybridized carbons (Fsp3) is 0.188. The van der Waals surface area contributed by atoms with Crippen LogP contribution in [0.2, 0.25) is 0 Å². The summed E-state index contributed by atoms with van der Waals surface area (Å²) in [6.07, 6.45) is -0.633. The number of hydrogen-bond donors (Lipinski definition) is 2. The summed E-state index contributed by atoms with van der Waals surface area (Å²) >= 11 is 3.36. The van der Waals surface area contributed by atoms with Crippen LogP contribution in [0.15, 0.2) is 46.9 Å². The van der Waals surface area contributed by atoms with E-state index in [0.717, 1.165) is 10.0 Å². The van der Waals surface area contributed by atoms with Crippen LogP contribution in [0, 0.1) is 0 Å². The molecule has 21 heavy (non-hydrogen) atoms. The molecule has 5 heteroatoms. The van der Waals surface area contributed by atoms with Gasteiger partial charge in [0.05, 0.1) is 11.7 Å². The molecular weight excluding hydrogens is 336 g/mol. The topological polar surface area (TPSA) is 66.8 Å². The molecule has 0 saturated heterocycles. The molecule has 0 aliphatic carbocycles. The highest BCUT2D eigenvalue weighted by Crippen LogP contribution is 2.29. The molecule has 4 nitrogen and oxygen atoms in total. The van der Waals surface area contributed by atoms with Crippen molar-refractivity contribution >= 4 is 21.9 Å². The summed E-state index contributed by atoms with van der Waals surface area (Å²) in [6.45, 7) is 1.98. The Morgan fingerprint density at radius 1 is 1.24 bits per heavy atom.